The van der Waals surface area contributed by atoms with Crippen molar-refractivity contribution in [2.75, 3.05) is 0 Å². The van der Waals surface area contributed by atoms with Crippen LogP contribution in [0.4, 0.5) is 5.69 Å². The van der Waals surface area contributed by atoms with Crippen LogP contribution >= 0.6 is 11.8 Å². The highest BCUT2D eigenvalue weighted by atomic mass is 32.2. The summed E-state index contributed by atoms with van der Waals surface area (Å²) >= 11 is 1.35. The van der Waals surface area contributed by atoms with Crippen LogP contribution in [0.2, 0.25) is 0 Å². The maximum Gasteiger partial charge on any atom is 0.271 e. The Bertz CT molecular complexity index is 1250. The maximum atomic E-state index is 12.5. The quantitative estimate of drug-likeness (QED) is 0.218. The zero-order valence-electron chi connectivity index (χ0n) is 15.5. The molecule has 9 heteroatoms. The third-order valence-electron chi connectivity index (χ3n) is 4.50. The predicted octanol–water partition coefficient (Wildman–Crippen LogP) is 3.75. The molecule has 0 atom stereocenters. The molecule has 0 aliphatic carbocycles. The van der Waals surface area contributed by atoms with Crippen molar-refractivity contribution >= 4 is 28.5 Å². The van der Waals surface area contributed by atoms with Gasteiger partial charge >= 0.3 is 0 Å². The van der Waals surface area contributed by atoms with Crippen molar-refractivity contribution < 1.29 is 4.92 Å². The molecule has 2 N–H and O–H groups in total. The van der Waals surface area contributed by atoms with Gasteiger partial charge in [0.15, 0.2) is 5.16 Å². The first-order valence-electron chi connectivity index (χ1n) is 8.89. The zero-order chi connectivity index (χ0) is 20.4. The Kier molecular flexibility index (Phi) is 5.13. The maximum absolute atomic E-state index is 12.5. The largest absolute Gasteiger partial charge is 0.341 e. The lowest BCUT2D eigenvalue weighted by Crippen LogP contribution is -2.17. The van der Waals surface area contributed by atoms with Gasteiger partial charge in [-0.05, 0) is 18.6 Å². The molecule has 0 unspecified atom stereocenters. The lowest BCUT2D eigenvalue weighted by molar-refractivity contribution is -0.384. The van der Waals surface area contributed by atoms with Gasteiger partial charge in [0.25, 0.3) is 11.2 Å². The van der Waals surface area contributed by atoms with Crippen LogP contribution in [0.3, 0.4) is 0 Å². The summed E-state index contributed by atoms with van der Waals surface area (Å²) in [7, 11) is 0. The molecule has 0 aliphatic heterocycles. The van der Waals surface area contributed by atoms with E-state index in [2.05, 4.69) is 19.9 Å². The van der Waals surface area contributed by atoms with Crippen LogP contribution < -0.4 is 5.56 Å². The van der Waals surface area contributed by atoms with E-state index in [1.54, 1.807) is 6.07 Å². The van der Waals surface area contributed by atoms with Gasteiger partial charge in [0.05, 0.1) is 21.7 Å². The van der Waals surface area contributed by atoms with Crippen molar-refractivity contribution in [2.45, 2.75) is 24.3 Å². The highest BCUT2D eigenvalue weighted by Crippen LogP contribution is 2.23. The second-order valence-corrected chi connectivity index (χ2v) is 7.49. The van der Waals surface area contributed by atoms with E-state index in [1.165, 1.54) is 23.9 Å². The number of aryl methyl sites for hydroxylation is 1. The molecule has 0 saturated carbocycles. The van der Waals surface area contributed by atoms with Crippen LogP contribution in [0.1, 0.15) is 22.6 Å². The molecule has 29 heavy (non-hydrogen) atoms. The first-order chi connectivity index (χ1) is 14.0. The van der Waals surface area contributed by atoms with Crippen LogP contribution in [0.25, 0.3) is 11.0 Å². The number of thioether (sulfide) groups is 1. The zero-order valence-corrected chi connectivity index (χ0v) is 16.3. The van der Waals surface area contributed by atoms with E-state index in [0.717, 1.165) is 5.56 Å². The van der Waals surface area contributed by atoms with Gasteiger partial charge in [0, 0.05) is 29.8 Å². The first-order valence-corrected chi connectivity index (χ1v) is 9.88. The normalized spacial score (nSPS) is 11.1. The molecule has 0 radical (unpaired) electrons. The summed E-state index contributed by atoms with van der Waals surface area (Å²) in [6.07, 6.45) is 0.530. The van der Waals surface area contributed by atoms with Crippen molar-refractivity contribution in [1.82, 2.24) is 19.9 Å². The van der Waals surface area contributed by atoms with Crippen LogP contribution in [0.15, 0.2) is 58.5 Å². The molecular weight excluding hydrogens is 390 g/mol. The van der Waals surface area contributed by atoms with Gasteiger partial charge < -0.3 is 9.97 Å². The number of nitrogens with zero attached hydrogens (tertiary/aromatic N) is 3. The molecule has 2 aromatic heterocycles. The third-order valence-corrected chi connectivity index (χ3v) is 5.38. The number of nitrogens with one attached hydrogen (secondary N) is 2. The van der Waals surface area contributed by atoms with E-state index in [4.69, 9.17) is 0 Å². The Morgan fingerprint density at radius 2 is 1.90 bits per heavy atom. The minimum atomic E-state index is -0.441. The third kappa shape index (κ3) is 4.19. The number of hydrogen-bond donors (Lipinski definition) is 2. The number of fused-ring (bicyclic) bond motifs is 1. The van der Waals surface area contributed by atoms with Crippen LogP contribution in [-0.2, 0) is 12.2 Å². The van der Waals surface area contributed by atoms with Crippen LogP contribution in [0.5, 0.6) is 0 Å². The monoisotopic (exact) mass is 407 g/mol. The van der Waals surface area contributed by atoms with E-state index in [1.807, 2.05) is 37.3 Å². The number of aromatic nitrogens is 4. The molecule has 0 bridgehead atoms. The van der Waals surface area contributed by atoms with Crippen molar-refractivity contribution in [2.24, 2.45) is 0 Å². The molecule has 2 heterocycles. The van der Waals surface area contributed by atoms with E-state index < -0.39 is 4.92 Å². The lowest BCUT2D eigenvalue weighted by atomic mass is 10.1. The minimum absolute atomic E-state index is 0.0102. The lowest BCUT2D eigenvalue weighted by Gasteiger charge is -2.07. The number of aromatic amines is 2. The molecule has 0 saturated heterocycles. The molecule has 2 aromatic carbocycles. The highest BCUT2D eigenvalue weighted by Gasteiger charge is 2.12. The Morgan fingerprint density at radius 3 is 2.62 bits per heavy atom. The Hall–Kier alpha value is -3.46. The predicted molar refractivity (Wildman–Crippen MR) is 111 cm³/mol. The fraction of sp³-hybridized carbons (Fsp3) is 0.150. The summed E-state index contributed by atoms with van der Waals surface area (Å²) in [4.78, 5) is 37.8. The van der Waals surface area contributed by atoms with Crippen molar-refractivity contribution in [3.05, 3.63) is 91.6 Å². The molecule has 8 nitrogen and oxygen atoms in total. The van der Waals surface area contributed by atoms with Crippen LogP contribution in [0, 0.1) is 17.0 Å². The average molecular weight is 407 g/mol. The molecule has 0 fully saturated rings. The first kappa shape index (κ1) is 18.9. The number of imidazole rings is 1. The summed E-state index contributed by atoms with van der Waals surface area (Å²) in [6, 6.07) is 14.3. The Labute approximate surface area is 169 Å². The molecule has 4 rings (SSSR count). The molecule has 0 spiro atoms. The fourth-order valence-electron chi connectivity index (χ4n) is 3.03. The second kappa shape index (κ2) is 7.88. The average Bonchev–Trinajstić information content (AvgIpc) is 3.12. The van der Waals surface area contributed by atoms with E-state index in [9.17, 15) is 14.9 Å². The van der Waals surface area contributed by atoms with Gasteiger partial charge in [0.2, 0.25) is 0 Å². The number of nitro groups is 1. The van der Waals surface area contributed by atoms with Gasteiger partial charge in [-0.3, -0.25) is 14.9 Å². The number of rotatable bonds is 6. The van der Waals surface area contributed by atoms with Gasteiger partial charge in [-0.2, -0.15) is 0 Å². The number of hydrogen-bond acceptors (Lipinski definition) is 6. The van der Waals surface area contributed by atoms with Gasteiger partial charge in [-0.1, -0.05) is 42.1 Å². The van der Waals surface area contributed by atoms with E-state index in [0.29, 0.717) is 45.4 Å². The Balaban J connectivity index is 1.50. The van der Waals surface area contributed by atoms with E-state index in [-0.39, 0.29) is 11.2 Å². The molecule has 0 amide bonds. The van der Waals surface area contributed by atoms with Gasteiger partial charge in [-0.25, -0.2) is 9.97 Å². The van der Waals surface area contributed by atoms with Crippen molar-refractivity contribution in [3.8, 4) is 0 Å². The molecule has 0 aliphatic rings. The summed E-state index contributed by atoms with van der Waals surface area (Å²) in [5, 5.41) is 11.4. The Morgan fingerprint density at radius 1 is 1.10 bits per heavy atom. The minimum Gasteiger partial charge on any atom is -0.341 e. The summed E-state index contributed by atoms with van der Waals surface area (Å²) in [5.74, 6) is 1.10. The smallest absolute Gasteiger partial charge is 0.271 e. The summed E-state index contributed by atoms with van der Waals surface area (Å²) in [5.41, 5.74) is 3.52. The number of non-ortho nitro benzene ring substituents is 1. The molecule has 146 valence electrons. The molecule has 4 aromatic rings. The fourth-order valence-corrected chi connectivity index (χ4v) is 3.81. The number of benzene rings is 2. The standard InChI is InChI=1S/C20H17N5O3S/c1-12-15(9-13-5-3-2-4-6-13)19(26)24-20(21-12)29-11-18-22-16-8-7-14(25(27)28)10-17(16)23-18/h2-8,10H,9,11H2,1H3,(H,22,23)(H,21,24,26). The van der Waals surface area contributed by atoms with Crippen LogP contribution in [-0.4, -0.2) is 24.9 Å². The second-order valence-electron chi connectivity index (χ2n) is 6.53. The summed E-state index contributed by atoms with van der Waals surface area (Å²) < 4.78 is 0. The summed E-state index contributed by atoms with van der Waals surface area (Å²) in [6.45, 7) is 1.83. The van der Waals surface area contributed by atoms with Crippen molar-refractivity contribution in [3.63, 3.8) is 0 Å². The highest BCUT2D eigenvalue weighted by molar-refractivity contribution is 7.98. The van der Waals surface area contributed by atoms with E-state index >= 15 is 0 Å². The van der Waals surface area contributed by atoms with Crippen molar-refractivity contribution in [1.29, 1.82) is 0 Å². The topological polar surface area (TPSA) is 118 Å². The number of H-pyrrole nitrogens is 2. The SMILES string of the molecule is Cc1nc(SCc2nc3ccc([N+](=O)[O-])cc3[nH]2)[nH]c(=O)c1Cc1ccccc1. The van der Waals surface area contributed by atoms with Gasteiger partial charge in [-0.15, -0.1) is 0 Å². The number of nitro benzene ring substituents is 1. The van der Waals surface area contributed by atoms with Gasteiger partial charge in [0.1, 0.15) is 5.82 Å². The molecular formula is C20H17N5O3S.